The van der Waals surface area contributed by atoms with Crippen LogP contribution in [-0.2, 0) is 10.2 Å². The van der Waals surface area contributed by atoms with E-state index in [1.165, 1.54) is 23.8 Å². The Morgan fingerprint density at radius 2 is 1.77 bits per heavy atom. The minimum atomic E-state index is -0.325. The molecule has 1 aliphatic rings. The molecule has 0 atom stereocenters. The molecule has 0 unspecified atom stereocenters. The van der Waals surface area contributed by atoms with Crippen molar-refractivity contribution in [3.63, 3.8) is 0 Å². The summed E-state index contributed by atoms with van der Waals surface area (Å²) in [4.78, 5) is 11.9. The lowest BCUT2D eigenvalue weighted by atomic mass is 9.96. The van der Waals surface area contributed by atoms with Gasteiger partial charge in [-0.05, 0) is 30.5 Å². The Morgan fingerprint density at radius 3 is 2.45 bits per heavy atom. The third-order valence-electron chi connectivity index (χ3n) is 4.16. The summed E-state index contributed by atoms with van der Waals surface area (Å²) in [6, 6.07) is 16.7. The Balaban J connectivity index is 1.58. The van der Waals surface area contributed by atoms with Gasteiger partial charge in [-0.2, -0.15) is 0 Å². The van der Waals surface area contributed by atoms with Gasteiger partial charge in [0.1, 0.15) is 5.82 Å². The number of halogens is 1. The SMILES string of the molecule is O=C(C=Cc1ccccc1F)NCC1(c2ccccc2)CC1. The van der Waals surface area contributed by atoms with Crippen molar-refractivity contribution >= 4 is 12.0 Å². The Hall–Kier alpha value is -2.42. The maximum atomic E-state index is 13.5. The summed E-state index contributed by atoms with van der Waals surface area (Å²) >= 11 is 0. The molecule has 0 spiro atoms. The van der Waals surface area contributed by atoms with E-state index in [0.717, 1.165) is 12.8 Å². The molecule has 0 radical (unpaired) electrons. The minimum absolute atomic E-state index is 0.0861. The average molecular weight is 295 g/mol. The molecule has 0 aliphatic heterocycles. The first-order chi connectivity index (χ1) is 10.7. The first kappa shape index (κ1) is 14.5. The topological polar surface area (TPSA) is 29.1 Å². The van der Waals surface area contributed by atoms with E-state index in [9.17, 15) is 9.18 Å². The number of benzene rings is 2. The zero-order valence-electron chi connectivity index (χ0n) is 12.3. The summed E-state index contributed by atoms with van der Waals surface area (Å²) in [5, 5.41) is 2.93. The molecule has 0 saturated heterocycles. The molecule has 22 heavy (non-hydrogen) atoms. The van der Waals surface area contributed by atoms with Crippen LogP contribution in [0.4, 0.5) is 4.39 Å². The first-order valence-electron chi connectivity index (χ1n) is 7.46. The summed E-state index contributed by atoms with van der Waals surface area (Å²) in [6.45, 7) is 0.622. The van der Waals surface area contributed by atoms with Crippen molar-refractivity contribution in [2.75, 3.05) is 6.54 Å². The van der Waals surface area contributed by atoms with Gasteiger partial charge in [-0.1, -0.05) is 48.5 Å². The summed E-state index contributed by atoms with van der Waals surface area (Å²) in [6.07, 6.45) is 5.08. The van der Waals surface area contributed by atoms with Gasteiger partial charge in [0.25, 0.3) is 0 Å². The van der Waals surface area contributed by atoms with Crippen LogP contribution < -0.4 is 5.32 Å². The average Bonchev–Trinajstić information content (AvgIpc) is 3.34. The quantitative estimate of drug-likeness (QED) is 0.838. The lowest BCUT2D eigenvalue weighted by Crippen LogP contribution is -2.30. The van der Waals surface area contributed by atoms with Crippen molar-refractivity contribution < 1.29 is 9.18 Å². The Morgan fingerprint density at radius 1 is 1.09 bits per heavy atom. The smallest absolute Gasteiger partial charge is 0.244 e. The molecule has 2 nitrogen and oxygen atoms in total. The predicted octanol–water partition coefficient (Wildman–Crippen LogP) is 3.69. The van der Waals surface area contributed by atoms with E-state index in [-0.39, 0.29) is 17.1 Å². The molecular formula is C19H18FNO. The molecule has 2 aromatic rings. The summed E-state index contributed by atoms with van der Waals surface area (Å²) in [7, 11) is 0. The van der Waals surface area contributed by atoms with E-state index < -0.39 is 0 Å². The number of carbonyl (C=O) groups is 1. The fourth-order valence-electron chi connectivity index (χ4n) is 2.60. The Kier molecular flexibility index (Phi) is 4.05. The highest BCUT2D eigenvalue weighted by molar-refractivity contribution is 5.91. The van der Waals surface area contributed by atoms with E-state index in [1.807, 2.05) is 18.2 Å². The molecule has 0 heterocycles. The van der Waals surface area contributed by atoms with E-state index in [1.54, 1.807) is 18.2 Å². The number of carbonyl (C=O) groups excluding carboxylic acids is 1. The summed E-state index contributed by atoms with van der Waals surface area (Å²) in [5.41, 5.74) is 1.78. The van der Waals surface area contributed by atoms with Crippen LogP contribution in [-0.4, -0.2) is 12.5 Å². The number of hydrogen-bond acceptors (Lipinski definition) is 1. The molecule has 3 heteroatoms. The van der Waals surface area contributed by atoms with E-state index in [0.29, 0.717) is 12.1 Å². The van der Waals surface area contributed by atoms with Crippen LogP contribution in [0.5, 0.6) is 0 Å². The van der Waals surface area contributed by atoms with E-state index in [4.69, 9.17) is 0 Å². The lowest BCUT2D eigenvalue weighted by molar-refractivity contribution is -0.116. The van der Waals surface area contributed by atoms with Gasteiger partial charge in [0, 0.05) is 23.6 Å². The number of hydrogen-bond donors (Lipinski definition) is 1. The first-order valence-corrected chi connectivity index (χ1v) is 7.46. The zero-order valence-corrected chi connectivity index (χ0v) is 12.3. The molecular weight excluding hydrogens is 277 g/mol. The van der Waals surface area contributed by atoms with Crippen LogP contribution in [0.15, 0.2) is 60.7 Å². The standard InChI is InChI=1S/C19H18FNO/c20-17-9-5-4-6-15(17)10-11-18(22)21-14-19(12-13-19)16-7-2-1-3-8-16/h1-11H,12-14H2,(H,21,22). The van der Waals surface area contributed by atoms with Crippen molar-refractivity contribution in [3.8, 4) is 0 Å². The molecule has 0 bridgehead atoms. The highest BCUT2D eigenvalue weighted by Crippen LogP contribution is 2.47. The van der Waals surface area contributed by atoms with E-state index >= 15 is 0 Å². The Labute approximate surface area is 129 Å². The van der Waals surface area contributed by atoms with Gasteiger partial charge in [0.2, 0.25) is 5.91 Å². The fraction of sp³-hybridized carbons (Fsp3) is 0.211. The monoisotopic (exact) mass is 295 g/mol. The number of rotatable bonds is 5. The van der Waals surface area contributed by atoms with Crippen molar-refractivity contribution in [3.05, 3.63) is 77.6 Å². The second-order valence-electron chi connectivity index (χ2n) is 5.72. The van der Waals surface area contributed by atoms with Crippen LogP contribution >= 0.6 is 0 Å². The fourth-order valence-corrected chi connectivity index (χ4v) is 2.60. The van der Waals surface area contributed by atoms with Gasteiger partial charge in [-0.25, -0.2) is 4.39 Å². The molecule has 1 fully saturated rings. The van der Waals surface area contributed by atoms with Crippen molar-refractivity contribution in [2.24, 2.45) is 0 Å². The van der Waals surface area contributed by atoms with Crippen LogP contribution in [0.3, 0.4) is 0 Å². The molecule has 3 rings (SSSR count). The largest absolute Gasteiger partial charge is 0.352 e. The molecule has 1 aliphatic carbocycles. The summed E-state index contributed by atoms with van der Waals surface area (Å²) in [5.74, 6) is -0.514. The number of nitrogens with one attached hydrogen (secondary N) is 1. The molecule has 0 aromatic heterocycles. The van der Waals surface area contributed by atoms with Crippen LogP contribution in [0.25, 0.3) is 6.08 Å². The highest BCUT2D eigenvalue weighted by atomic mass is 19.1. The van der Waals surface area contributed by atoms with Gasteiger partial charge in [0.15, 0.2) is 0 Å². The van der Waals surface area contributed by atoms with Crippen LogP contribution in [0.1, 0.15) is 24.0 Å². The lowest BCUT2D eigenvalue weighted by Gasteiger charge is -2.15. The van der Waals surface area contributed by atoms with Gasteiger partial charge >= 0.3 is 0 Å². The maximum absolute atomic E-state index is 13.5. The second kappa shape index (κ2) is 6.14. The molecule has 1 amide bonds. The Bertz CT molecular complexity index is 690. The molecule has 1 saturated carbocycles. The van der Waals surface area contributed by atoms with Gasteiger partial charge in [-0.3, -0.25) is 4.79 Å². The molecule has 2 aromatic carbocycles. The second-order valence-corrected chi connectivity index (χ2v) is 5.72. The highest BCUT2D eigenvalue weighted by Gasteiger charge is 2.43. The third kappa shape index (κ3) is 3.25. The maximum Gasteiger partial charge on any atom is 0.244 e. The minimum Gasteiger partial charge on any atom is -0.352 e. The normalized spacial score (nSPS) is 15.7. The number of amides is 1. The molecule has 1 N–H and O–H groups in total. The van der Waals surface area contributed by atoms with Gasteiger partial charge < -0.3 is 5.32 Å². The van der Waals surface area contributed by atoms with Crippen LogP contribution in [0, 0.1) is 5.82 Å². The van der Waals surface area contributed by atoms with Crippen molar-refractivity contribution in [1.82, 2.24) is 5.32 Å². The summed E-state index contributed by atoms with van der Waals surface area (Å²) < 4.78 is 13.5. The van der Waals surface area contributed by atoms with E-state index in [2.05, 4.69) is 17.4 Å². The molecule has 112 valence electrons. The van der Waals surface area contributed by atoms with Crippen molar-refractivity contribution in [1.29, 1.82) is 0 Å². The van der Waals surface area contributed by atoms with Crippen molar-refractivity contribution in [2.45, 2.75) is 18.3 Å². The third-order valence-corrected chi connectivity index (χ3v) is 4.16. The predicted molar refractivity (Wildman–Crippen MR) is 85.8 cm³/mol. The van der Waals surface area contributed by atoms with Gasteiger partial charge in [-0.15, -0.1) is 0 Å². The zero-order chi connectivity index (χ0) is 15.4. The van der Waals surface area contributed by atoms with Gasteiger partial charge in [0.05, 0.1) is 0 Å². The van der Waals surface area contributed by atoms with Crippen LogP contribution in [0.2, 0.25) is 0 Å².